The second-order valence-electron chi connectivity index (χ2n) is 2.75. The third-order valence-electron chi connectivity index (χ3n) is 1.72. The Bertz CT molecular complexity index is 425. The number of rotatable bonds is 3. The summed E-state index contributed by atoms with van der Waals surface area (Å²) in [5.41, 5.74) is 0.700. The molecule has 0 aromatic carbocycles. The number of carbonyl (C=O) groups excluding carboxylic acids is 1. The minimum absolute atomic E-state index is 0.375. The molecule has 2 aromatic rings. The van der Waals surface area contributed by atoms with Gasteiger partial charge in [0, 0.05) is 0 Å². The number of oxazole rings is 1. The maximum absolute atomic E-state index is 8.95. The van der Waals surface area contributed by atoms with E-state index < -0.39 is 0 Å². The largest absolute Gasteiger partial charge is 0.495 e. The first-order chi connectivity index (χ1) is 8.31. The molecule has 0 N–H and O–H groups in total. The average molecular weight is 236 g/mol. The Morgan fingerprint density at radius 2 is 2.06 bits per heavy atom. The van der Waals surface area contributed by atoms with Gasteiger partial charge in [-0.2, -0.15) is 0 Å². The minimum Gasteiger partial charge on any atom is -0.495 e. The van der Waals surface area contributed by atoms with Gasteiger partial charge >= 0.3 is 0 Å². The van der Waals surface area contributed by atoms with Gasteiger partial charge in [0.25, 0.3) is 6.47 Å². The molecule has 0 aliphatic heterocycles. The van der Waals surface area contributed by atoms with Crippen LogP contribution < -0.4 is 4.74 Å². The third kappa shape index (κ3) is 3.94. The molecule has 0 saturated carbocycles. The number of hydrogen-bond donors (Lipinski definition) is 0. The van der Waals surface area contributed by atoms with Crippen LogP contribution in [0.3, 0.4) is 0 Å². The molecule has 0 atom stereocenters. The molecule has 2 rings (SSSR count). The van der Waals surface area contributed by atoms with Crippen molar-refractivity contribution < 1.29 is 18.7 Å². The molecule has 0 aliphatic rings. The number of nitrogens with zero attached hydrogens (tertiary/aromatic N) is 2. The van der Waals surface area contributed by atoms with E-state index in [0.717, 1.165) is 5.75 Å². The normalized spacial score (nSPS) is 8.82. The van der Waals surface area contributed by atoms with Crippen LogP contribution in [0.4, 0.5) is 0 Å². The zero-order chi connectivity index (χ0) is 12.5. The number of hydrogen-bond acceptors (Lipinski definition) is 6. The molecule has 0 amide bonds. The molecule has 0 spiro atoms. The van der Waals surface area contributed by atoms with E-state index in [9.17, 15) is 0 Å². The van der Waals surface area contributed by atoms with E-state index in [4.69, 9.17) is 13.9 Å². The van der Waals surface area contributed by atoms with E-state index in [0.29, 0.717) is 18.1 Å². The van der Waals surface area contributed by atoms with Crippen LogP contribution in [0.1, 0.15) is 0 Å². The smallest absolute Gasteiger partial charge is 0.292 e. The first-order valence-electron chi connectivity index (χ1n) is 4.68. The third-order valence-corrected chi connectivity index (χ3v) is 1.72. The van der Waals surface area contributed by atoms with Crippen LogP contribution >= 0.6 is 0 Å². The van der Waals surface area contributed by atoms with Gasteiger partial charge < -0.3 is 13.9 Å². The lowest BCUT2D eigenvalue weighted by atomic mass is 10.3. The van der Waals surface area contributed by atoms with Crippen LogP contribution in [-0.2, 0) is 9.53 Å². The zero-order valence-corrected chi connectivity index (χ0v) is 9.49. The van der Waals surface area contributed by atoms with Crippen LogP contribution in [0.2, 0.25) is 0 Å². The summed E-state index contributed by atoms with van der Waals surface area (Å²) in [4.78, 5) is 17.0. The molecular weight excluding hydrogens is 224 g/mol. The number of aromatic nitrogens is 2. The second-order valence-corrected chi connectivity index (χ2v) is 2.75. The molecule has 17 heavy (non-hydrogen) atoms. The Morgan fingerprint density at radius 3 is 2.47 bits per heavy atom. The van der Waals surface area contributed by atoms with Crippen molar-refractivity contribution in [1.29, 1.82) is 0 Å². The van der Waals surface area contributed by atoms with Crippen molar-refractivity contribution in [2.45, 2.75) is 0 Å². The van der Waals surface area contributed by atoms with Crippen molar-refractivity contribution in [3.05, 3.63) is 30.8 Å². The van der Waals surface area contributed by atoms with Gasteiger partial charge in [0.05, 0.1) is 26.6 Å². The highest BCUT2D eigenvalue weighted by Gasteiger charge is 2.02. The summed E-state index contributed by atoms with van der Waals surface area (Å²) in [5, 5.41) is 0. The van der Waals surface area contributed by atoms with Crippen molar-refractivity contribution in [2.24, 2.45) is 0 Å². The highest BCUT2D eigenvalue weighted by atomic mass is 16.5. The molecule has 0 fully saturated rings. The summed E-state index contributed by atoms with van der Waals surface area (Å²) >= 11 is 0. The van der Waals surface area contributed by atoms with Gasteiger partial charge in [0.15, 0.2) is 0 Å². The summed E-state index contributed by atoms with van der Waals surface area (Å²) in [6, 6.07) is 3.61. The van der Waals surface area contributed by atoms with Crippen molar-refractivity contribution in [1.82, 2.24) is 9.97 Å². The van der Waals surface area contributed by atoms with Gasteiger partial charge in [-0.15, -0.1) is 0 Å². The summed E-state index contributed by atoms with van der Waals surface area (Å²) in [6.07, 6.45) is 4.72. The maximum atomic E-state index is 8.95. The van der Waals surface area contributed by atoms with E-state index in [-0.39, 0.29) is 0 Å². The highest BCUT2D eigenvalue weighted by Crippen LogP contribution is 2.16. The number of methoxy groups -OCH3 is 2. The minimum atomic E-state index is 0.375. The average Bonchev–Trinajstić information content (AvgIpc) is 2.93. The first kappa shape index (κ1) is 12.7. The molecule has 6 nitrogen and oxygen atoms in total. The van der Waals surface area contributed by atoms with E-state index >= 15 is 0 Å². The van der Waals surface area contributed by atoms with Crippen molar-refractivity contribution >= 4 is 6.47 Å². The molecule has 90 valence electrons. The summed E-state index contributed by atoms with van der Waals surface area (Å²) < 4.78 is 13.9. The molecular formula is C11H12N2O4. The predicted molar refractivity (Wildman–Crippen MR) is 59.4 cm³/mol. The van der Waals surface area contributed by atoms with Gasteiger partial charge in [0.1, 0.15) is 17.7 Å². The van der Waals surface area contributed by atoms with Crippen LogP contribution in [0.15, 0.2) is 35.2 Å². The summed E-state index contributed by atoms with van der Waals surface area (Å²) in [7, 11) is 2.91. The first-order valence-corrected chi connectivity index (χ1v) is 4.68. The Kier molecular flexibility index (Phi) is 5.23. The van der Waals surface area contributed by atoms with Gasteiger partial charge in [-0.25, -0.2) is 9.97 Å². The van der Waals surface area contributed by atoms with Crippen LogP contribution in [-0.4, -0.2) is 30.7 Å². The van der Waals surface area contributed by atoms with Gasteiger partial charge in [-0.1, -0.05) is 0 Å². The highest BCUT2D eigenvalue weighted by molar-refractivity contribution is 5.47. The number of pyridine rings is 1. The van der Waals surface area contributed by atoms with Crippen LogP contribution in [0.5, 0.6) is 5.75 Å². The fraction of sp³-hybridized carbons (Fsp3) is 0.182. The van der Waals surface area contributed by atoms with E-state index in [2.05, 4.69) is 14.7 Å². The Morgan fingerprint density at radius 1 is 1.29 bits per heavy atom. The summed E-state index contributed by atoms with van der Waals surface area (Å²) in [6.45, 7) is 0.375. The lowest BCUT2D eigenvalue weighted by Gasteiger charge is -1.98. The van der Waals surface area contributed by atoms with Gasteiger partial charge in [0.2, 0.25) is 5.89 Å². The molecule has 6 heteroatoms. The fourth-order valence-corrected chi connectivity index (χ4v) is 0.977. The zero-order valence-electron chi connectivity index (χ0n) is 9.49. The molecule has 0 radical (unpaired) electrons. The molecule has 2 aromatic heterocycles. The standard InChI is InChI=1S/C9H8N2O2.C2H4O2/c1-12-7-2-3-8(11-6-7)9-10-4-5-13-9;1-4-2-3/h2-6H,1H3;2H,1H3. The van der Waals surface area contributed by atoms with Crippen molar-refractivity contribution in [2.75, 3.05) is 14.2 Å². The van der Waals surface area contributed by atoms with Crippen molar-refractivity contribution in [3.63, 3.8) is 0 Å². The van der Waals surface area contributed by atoms with E-state index in [1.165, 1.54) is 13.4 Å². The maximum Gasteiger partial charge on any atom is 0.292 e. The van der Waals surface area contributed by atoms with Crippen LogP contribution in [0.25, 0.3) is 11.6 Å². The Labute approximate surface area is 98.2 Å². The molecule has 2 heterocycles. The lowest BCUT2D eigenvalue weighted by molar-refractivity contribution is -0.126. The quantitative estimate of drug-likeness (QED) is 0.752. The van der Waals surface area contributed by atoms with Crippen LogP contribution in [0, 0.1) is 0 Å². The topological polar surface area (TPSA) is 74.5 Å². The second kappa shape index (κ2) is 7.00. The Balaban J connectivity index is 0.000000317. The predicted octanol–water partition coefficient (Wildman–Crippen LogP) is 1.53. The molecule has 0 unspecified atom stereocenters. The number of carbonyl (C=O) groups is 1. The van der Waals surface area contributed by atoms with E-state index in [1.807, 2.05) is 6.07 Å². The summed E-state index contributed by atoms with van der Waals surface area (Å²) in [5.74, 6) is 1.23. The number of ether oxygens (including phenoxy) is 2. The van der Waals surface area contributed by atoms with Gasteiger partial charge in [-0.3, -0.25) is 4.79 Å². The SMILES string of the molecule is COC=O.COc1ccc(-c2ncco2)nc1. The molecule has 0 bridgehead atoms. The monoisotopic (exact) mass is 236 g/mol. The molecule has 0 aliphatic carbocycles. The van der Waals surface area contributed by atoms with Gasteiger partial charge in [-0.05, 0) is 12.1 Å². The van der Waals surface area contributed by atoms with Crippen molar-refractivity contribution in [3.8, 4) is 17.3 Å². The fourth-order valence-electron chi connectivity index (χ4n) is 0.977. The lowest BCUT2D eigenvalue weighted by Crippen LogP contribution is -1.86. The van der Waals surface area contributed by atoms with E-state index in [1.54, 1.807) is 25.6 Å². The Hall–Kier alpha value is -2.37. The molecule has 0 saturated heterocycles.